The summed E-state index contributed by atoms with van der Waals surface area (Å²) in [6.07, 6.45) is 0. The molecule has 0 amide bonds. The number of nitrogens with one attached hydrogen (secondary N) is 1. The lowest BCUT2D eigenvalue weighted by Gasteiger charge is -2.10. The van der Waals surface area contributed by atoms with E-state index in [0.29, 0.717) is 5.02 Å². The molecule has 1 aromatic heterocycles. The van der Waals surface area contributed by atoms with Gasteiger partial charge in [-0.1, -0.05) is 17.7 Å². The molecule has 88 valence electrons. The molecule has 1 aromatic carbocycles. The molecule has 17 heavy (non-hydrogen) atoms. The van der Waals surface area contributed by atoms with Crippen molar-refractivity contribution in [3.8, 4) is 5.75 Å². The minimum absolute atomic E-state index is 0.642. The fourth-order valence-electron chi connectivity index (χ4n) is 1.39. The summed E-state index contributed by atoms with van der Waals surface area (Å²) in [5.74, 6) is 1.44. The van der Waals surface area contributed by atoms with Crippen LogP contribution in [0.5, 0.6) is 5.75 Å². The average Bonchev–Trinajstić information content (AvgIpc) is 2.29. The summed E-state index contributed by atoms with van der Waals surface area (Å²) in [5.41, 5.74) is 0.783. The molecule has 0 saturated carbocycles. The molecule has 0 aliphatic carbocycles. The van der Waals surface area contributed by atoms with Gasteiger partial charge in [0.15, 0.2) is 0 Å². The molecule has 0 unspecified atom stereocenters. The van der Waals surface area contributed by atoms with Crippen LogP contribution in [0.25, 0.3) is 0 Å². The standard InChI is InChI=1S/C12H10BrClN2O/c1-17-10-6-5-8(14)7-9(10)15-12-4-2-3-11(13)16-12/h2-7H,1H3,(H,15,16). The Balaban J connectivity index is 2.32. The van der Waals surface area contributed by atoms with Crippen molar-refractivity contribution >= 4 is 39.0 Å². The molecule has 1 heterocycles. The molecule has 5 heteroatoms. The van der Waals surface area contributed by atoms with E-state index in [0.717, 1.165) is 21.9 Å². The van der Waals surface area contributed by atoms with Crippen LogP contribution in [0.1, 0.15) is 0 Å². The Bertz CT molecular complexity index is 534. The second-order valence-electron chi connectivity index (χ2n) is 3.32. The van der Waals surface area contributed by atoms with Crippen molar-refractivity contribution in [3.63, 3.8) is 0 Å². The van der Waals surface area contributed by atoms with Crippen LogP contribution in [0.15, 0.2) is 41.0 Å². The van der Waals surface area contributed by atoms with E-state index in [1.807, 2.05) is 24.3 Å². The second-order valence-corrected chi connectivity index (χ2v) is 4.56. The zero-order valence-corrected chi connectivity index (χ0v) is 11.4. The van der Waals surface area contributed by atoms with E-state index in [2.05, 4.69) is 26.2 Å². The first-order valence-corrected chi connectivity index (χ1v) is 6.09. The van der Waals surface area contributed by atoms with E-state index in [4.69, 9.17) is 16.3 Å². The van der Waals surface area contributed by atoms with Gasteiger partial charge in [-0.05, 0) is 46.3 Å². The normalized spacial score (nSPS) is 10.1. The summed E-state index contributed by atoms with van der Waals surface area (Å²) in [5, 5.41) is 3.80. The number of nitrogens with zero attached hydrogens (tertiary/aromatic N) is 1. The third kappa shape index (κ3) is 3.11. The summed E-state index contributed by atoms with van der Waals surface area (Å²) in [7, 11) is 1.61. The molecule has 3 nitrogen and oxygen atoms in total. The van der Waals surface area contributed by atoms with Crippen molar-refractivity contribution in [1.82, 2.24) is 4.98 Å². The van der Waals surface area contributed by atoms with Crippen LogP contribution in [0.4, 0.5) is 11.5 Å². The first kappa shape index (κ1) is 12.2. The summed E-state index contributed by atoms with van der Waals surface area (Å²) in [4.78, 5) is 4.28. The van der Waals surface area contributed by atoms with Crippen molar-refractivity contribution in [2.24, 2.45) is 0 Å². The Morgan fingerprint density at radius 3 is 2.82 bits per heavy atom. The highest BCUT2D eigenvalue weighted by atomic mass is 79.9. The van der Waals surface area contributed by atoms with Crippen molar-refractivity contribution in [2.45, 2.75) is 0 Å². The molecule has 0 atom stereocenters. The second kappa shape index (κ2) is 5.38. The van der Waals surface area contributed by atoms with Gasteiger partial charge in [0.2, 0.25) is 0 Å². The Morgan fingerprint density at radius 1 is 1.29 bits per heavy atom. The van der Waals surface area contributed by atoms with Gasteiger partial charge < -0.3 is 10.1 Å². The summed E-state index contributed by atoms with van der Waals surface area (Å²) >= 11 is 9.26. The highest BCUT2D eigenvalue weighted by Crippen LogP contribution is 2.30. The molecule has 0 saturated heterocycles. The number of hydrogen-bond acceptors (Lipinski definition) is 3. The number of methoxy groups -OCH3 is 1. The largest absolute Gasteiger partial charge is 0.495 e. The van der Waals surface area contributed by atoms with E-state index in [-0.39, 0.29) is 0 Å². The maximum atomic E-state index is 5.95. The topological polar surface area (TPSA) is 34.1 Å². The lowest BCUT2D eigenvalue weighted by atomic mass is 10.3. The Morgan fingerprint density at radius 2 is 2.12 bits per heavy atom. The zero-order chi connectivity index (χ0) is 12.3. The summed E-state index contributed by atoms with van der Waals surface area (Å²) < 4.78 is 6.01. The molecule has 2 aromatic rings. The summed E-state index contributed by atoms with van der Waals surface area (Å²) in [6, 6.07) is 11.0. The molecule has 1 N–H and O–H groups in total. The van der Waals surface area contributed by atoms with Crippen molar-refractivity contribution in [1.29, 1.82) is 0 Å². The minimum Gasteiger partial charge on any atom is -0.495 e. The van der Waals surface area contributed by atoms with Gasteiger partial charge in [0.1, 0.15) is 16.2 Å². The third-order valence-electron chi connectivity index (χ3n) is 2.14. The number of halogens is 2. The first-order chi connectivity index (χ1) is 8.19. The zero-order valence-electron chi connectivity index (χ0n) is 9.08. The molecule has 0 aliphatic heterocycles. The van der Waals surface area contributed by atoms with Gasteiger partial charge in [-0.25, -0.2) is 4.98 Å². The van der Waals surface area contributed by atoms with Gasteiger partial charge in [0.25, 0.3) is 0 Å². The van der Waals surface area contributed by atoms with Crippen LogP contribution in [0.2, 0.25) is 5.02 Å². The first-order valence-electron chi connectivity index (χ1n) is 4.92. The predicted octanol–water partition coefficient (Wildman–Crippen LogP) is 4.25. The number of benzene rings is 1. The minimum atomic E-state index is 0.642. The molecule has 2 rings (SSSR count). The lowest BCUT2D eigenvalue weighted by Crippen LogP contribution is -1.96. The van der Waals surface area contributed by atoms with Crippen LogP contribution in [-0.4, -0.2) is 12.1 Å². The average molecular weight is 314 g/mol. The van der Waals surface area contributed by atoms with Crippen LogP contribution < -0.4 is 10.1 Å². The van der Waals surface area contributed by atoms with Crippen molar-refractivity contribution in [2.75, 3.05) is 12.4 Å². The number of ether oxygens (including phenoxy) is 1. The number of pyridine rings is 1. The quantitative estimate of drug-likeness (QED) is 0.860. The van der Waals surface area contributed by atoms with Gasteiger partial charge in [0.05, 0.1) is 12.8 Å². The van der Waals surface area contributed by atoms with Crippen LogP contribution in [0.3, 0.4) is 0 Å². The number of hydrogen-bond donors (Lipinski definition) is 1. The summed E-state index contributed by atoms with van der Waals surface area (Å²) in [6.45, 7) is 0. The van der Waals surface area contributed by atoms with Crippen molar-refractivity contribution in [3.05, 3.63) is 46.0 Å². The highest BCUT2D eigenvalue weighted by Gasteiger charge is 2.05. The maximum Gasteiger partial charge on any atom is 0.142 e. The number of aromatic nitrogens is 1. The highest BCUT2D eigenvalue weighted by molar-refractivity contribution is 9.10. The number of rotatable bonds is 3. The van der Waals surface area contributed by atoms with E-state index in [9.17, 15) is 0 Å². The van der Waals surface area contributed by atoms with Gasteiger partial charge in [-0.3, -0.25) is 0 Å². The smallest absolute Gasteiger partial charge is 0.142 e. The van der Waals surface area contributed by atoms with E-state index < -0.39 is 0 Å². The van der Waals surface area contributed by atoms with Gasteiger partial charge in [-0.2, -0.15) is 0 Å². The maximum absolute atomic E-state index is 5.95. The molecule has 0 radical (unpaired) electrons. The molecule has 0 spiro atoms. The number of anilines is 2. The van der Waals surface area contributed by atoms with Gasteiger partial charge in [-0.15, -0.1) is 0 Å². The van der Waals surface area contributed by atoms with Gasteiger partial charge in [0, 0.05) is 5.02 Å². The SMILES string of the molecule is COc1ccc(Cl)cc1Nc1cccc(Br)n1. The molecular formula is C12H10BrClN2O. The molecular weight excluding hydrogens is 304 g/mol. The Labute approximate surface area is 113 Å². The van der Waals surface area contributed by atoms with Crippen LogP contribution >= 0.6 is 27.5 Å². The fourth-order valence-corrected chi connectivity index (χ4v) is 1.91. The Kier molecular flexibility index (Phi) is 3.86. The van der Waals surface area contributed by atoms with E-state index in [1.54, 1.807) is 19.2 Å². The third-order valence-corrected chi connectivity index (χ3v) is 2.82. The predicted molar refractivity (Wildman–Crippen MR) is 73.2 cm³/mol. The molecule has 0 fully saturated rings. The Hall–Kier alpha value is -1.26. The van der Waals surface area contributed by atoms with E-state index >= 15 is 0 Å². The van der Waals surface area contributed by atoms with Gasteiger partial charge >= 0.3 is 0 Å². The molecule has 0 bridgehead atoms. The fraction of sp³-hybridized carbons (Fsp3) is 0.0833. The lowest BCUT2D eigenvalue weighted by molar-refractivity contribution is 0.417. The molecule has 0 aliphatic rings. The van der Waals surface area contributed by atoms with Crippen LogP contribution in [0, 0.1) is 0 Å². The monoisotopic (exact) mass is 312 g/mol. The van der Waals surface area contributed by atoms with E-state index in [1.165, 1.54) is 0 Å². The van der Waals surface area contributed by atoms with Crippen molar-refractivity contribution < 1.29 is 4.74 Å². The van der Waals surface area contributed by atoms with Crippen LogP contribution in [-0.2, 0) is 0 Å².